The number of nitrogens with two attached hydrogens (primary N) is 1. The van der Waals surface area contributed by atoms with Gasteiger partial charge in [0.15, 0.2) is 0 Å². The Balaban J connectivity index is 1.45. The number of hydrogen-bond acceptors (Lipinski definition) is 4. The van der Waals surface area contributed by atoms with Crippen LogP contribution in [-0.4, -0.2) is 16.1 Å². The topological polar surface area (TPSA) is 76.2 Å². The van der Waals surface area contributed by atoms with Crippen LogP contribution in [-0.2, 0) is 10.2 Å². The van der Waals surface area contributed by atoms with E-state index in [0.717, 1.165) is 55.7 Å². The van der Waals surface area contributed by atoms with Crippen LogP contribution < -0.4 is 5.73 Å². The van der Waals surface area contributed by atoms with Gasteiger partial charge in [0.1, 0.15) is 0 Å². The molecule has 5 heteroatoms. The Labute approximate surface area is 166 Å². The molecule has 0 aliphatic heterocycles. The van der Waals surface area contributed by atoms with Crippen LogP contribution in [0.2, 0.25) is 0 Å². The number of benzene rings is 2. The second kappa shape index (κ2) is 6.17. The van der Waals surface area contributed by atoms with Crippen molar-refractivity contribution in [3.63, 3.8) is 0 Å². The van der Waals surface area contributed by atoms with Gasteiger partial charge in [-0.3, -0.25) is 9.78 Å². The summed E-state index contributed by atoms with van der Waals surface area (Å²) in [6, 6.07) is 18.2. The van der Waals surface area contributed by atoms with Gasteiger partial charge in [0.25, 0.3) is 0 Å². The standard InChI is InChI=1S/C23H18N2O2S/c24-20-18-9-12-25-13-19(18)28-21(20)16-3-1-14(2-4-16)15-5-7-17(8-6-15)23(10-11-23)22(26)27/h1-9,12-13H,10-11,24H2,(H,26,27). The van der Waals surface area contributed by atoms with Crippen LogP contribution in [0.15, 0.2) is 67.0 Å². The van der Waals surface area contributed by atoms with Crippen molar-refractivity contribution >= 4 is 33.1 Å². The Morgan fingerprint density at radius 2 is 1.57 bits per heavy atom. The Kier molecular flexibility index (Phi) is 3.74. The lowest BCUT2D eigenvalue weighted by molar-refractivity contribution is -0.140. The number of fused-ring (bicyclic) bond motifs is 1. The number of nitrogens with zero attached hydrogens (tertiary/aromatic N) is 1. The van der Waals surface area contributed by atoms with Crippen LogP contribution >= 0.6 is 11.3 Å². The zero-order valence-corrected chi connectivity index (χ0v) is 15.9. The summed E-state index contributed by atoms with van der Waals surface area (Å²) in [4.78, 5) is 16.7. The van der Waals surface area contributed by atoms with E-state index in [0.29, 0.717) is 0 Å². The molecule has 2 heterocycles. The van der Waals surface area contributed by atoms with Crippen molar-refractivity contribution in [2.24, 2.45) is 0 Å². The van der Waals surface area contributed by atoms with Gasteiger partial charge in [-0.1, -0.05) is 48.5 Å². The number of anilines is 1. The molecule has 0 unspecified atom stereocenters. The normalized spacial score (nSPS) is 14.9. The predicted octanol–water partition coefficient (Wildman–Crippen LogP) is 5.33. The molecule has 0 bridgehead atoms. The van der Waals surface area contributed by atoms with Crippen molar-refractivity contribution in [2.75, 3.05) is 5.73 Å². The summed E-state index contributed by atoms with van der Waals surface area (Å²) in [7, 11) is 0. The van der Waals surface area contributed by atoms with Crippen molar-refractivity contribution in [2.45, 2.75) is 18.3 Å². The van der Waals surface area contributed by atoms with Crippen molar-refractivity contribution in [1.82, 2.24) is 4.98 Å². The second-order valence-electron chi connectivity index (χ2n) is 7.26. The number of carboxylic acid groups (broad SMARTS) is 1. The van der Waals surface area contributed by atoms with Crippen molar-refractivity contribution in [3.05, 3.63) is 72.6 Å². The van der Waals surface area contributed by atoms with E-state index in [1.54, 1.807) is 17.5 Å². The molecule has 1 saturated carbocycles. The number of carbonyl (C=O) groups is 1. The monoisotopic (exact) mass is 386 g/mol. The molecule has 2 aromatic carbocycles. The smallest absolute Gasteiger partial charge is 0.314 e. The Morgan fingerprint density at radius 1 is 0.964 bits per heavy atom. The first-order valence-corrected chi connectivity index (χ1v) is 9.97. The molecule has 1 fully saturated rings. The lowest BCUT2D eigenvalue weighted by Gasteiger charge is -2.11. The Hall–Kier alpha value is -3.18. The number of nitrogen functional groups attached to an aromatic ring is 1. The van der Waals surface area contributed by atoms with Crippen LogP contribution in [0.3, 0.4) is 0 Å². The maximum absolute atomic E-state index is 11.5. The zero-order valence-electron chi connectivity index (χ0n) is 15.1. The maximum atomic E-state index is 11.5. The lowest BCUT2D eigenvalue weighted by atomic mass is 9.93. The van der Waals surface area contributed by atoms with E-state index in [2.05, 4.69) is 29.2 Å². The van der Waals surface area contributed by atoms with E-state index in [1.165, 1.54) is 0 Å². The first kappa shape index (κ1) is 17.0. The molecule has 0 spiro atoms. The molecular weight excluding hydrogens is 368 g/mol. The molecule has 28 heavy (non-hydrogen) atoms. The molecular formula is C23H18N2O2S. The van der Waals surface area contributed by atoms with E-state index < -0.39 is 11.4 Å². The molecule has 0 radical (unpaired) electrons. The summed E-state index contributed by atoms with van der Waals surface area (Å²) in [6.45, 7) is 0. The van der Waals surface area contributed by atoms with Gasteiger partial charge in [-0.2, -0.15) is 0 Å². The zero-order chi connectivity index (χ0) is 19.3. The number of aromatic nitrogens is 1. The quantitative estimate of drug-likeness (QED) is 0.497. The summed E-state index contributed by atoms with van der Waals surface area (Å²) in [5.41, 5.74) is 10.6. The second-order valence-corrected chi connectivity index (χ2v) is 8.31. The summed E-state index contributed by atoms with van der Waals surface area (Å²) in [5, 5.41) is 10.5. The number of thiophene rings is 1. The fourth-order valence-electron chi connectivity index (χ4n) is 3.73. The van der Waals surface area contributed by atoms with Crippen LogP contribution in [0.4, 0.5) is 5.69 Å². The number of carboxylic acids is 1. The van der Waals surface area contributed by atoms with Crippen LogP contribution in [0.1, 0.15) is 18.4 Å². The molecule has 1 aliphatic rings. The highest BCUT2D eigenvalue weighted by Gasteiger charge is 2.51. The molecule has 0 amide bonds. The maximum Gasteiger partial charge on any atom is 0.314 e. The number of aliphatic carboxylic acids is 1. The highest BCUT2D eigenvalue weighted by atomic mass is 32.1. The van der Waals surface area contributed by atoms with E-state index in [4.69, 9.17) is 5.73 Å². The molecule has 0 saturated heterocycles. The Morgan fingerprint density at radius 3 is 2.14 bits per heavy atom. The van der Waals surface area contributed by atoms with E-state index >= 15 is 0 Å². The molecule has 4 nitrogen and oxygen atoms in total. The first-order chi connectivity index (χ1) is 13.6. The van der Waals surface area contributed by atoms with Gasteiger partial charge in [0.2, 0.25) is 0 Å². The van der Waals surface area contributed by atoms with E-state index in [9.17, 15) is 9.90 Å². The molecule has 3 N–H and O–H groups in total. The third-order valence-electron chi connectivity index (χ3n) is 5.61. The third kappa shape index (κ3) is 2.59. The van der Waals surface area contributed by atoms with E-state index in [-0.39, 0.29) is 0 Å². The van der Waals surface area contributed by atoms with Gasteiger partial charge in [-0.25, -0.2) is 0 Å². The molecule has 4 aromatic rings. The third-order valence-corrected chi connectivity index (χ3v) is 6.81. The summed E-state index contributed by atoms with van der Waals surface area (Å²) < 4.78 is 1.09. The summed E-state index contributed by atoms with van der Waals surface area (Å²) in [5.74, 6) is -0.722. The fourth-order valence-corrected chi connectivity index (χ4v) is 4.83. The summed E-state index contributed by atoms with van der Waals surface area (Å²) in [6.07, 6.45) is 5.06. The van der Waals surface area contributed by atoms with E-state index in [1.807, 2.05) is 36.5 Å². The minimum absolute atomic E-state index is 0.657. The minimum atomic E-state index is -0.722. The molecule has 1 aliphatic carbocycles. The van der Waals surface area contributed by atoms with Crippen molar-refractivity contribution < 1.29 is 9.90 Å². The first-order valence-electron chi connectivity index (χ1n) is 9.15. The van der Waals surface area contributed by atoms with Crippen molar-refractivity contribution in [1.29, 1.82) is 0 Å². The lowest BCUT2D eigenvalue weighted by Crippen LogP contribution is -2.19. The van der Waals surface area contributed by atoms with Gasteiger partial charge in [-0.05, 0) is 41.2 Å². The van der Waals surface area contributed by atoms with Crippen molar-refractivity contribution in [3.8, 4) is 21.6 Å². The Bertz CT molecular complexity index is 1190. The number of rotatable bonds is 4. The molecule has 2 aromatic heterocycles. The molecule has 5 rings (SSSR count). The average Bonchev–Trinajstić information content (AvgIpc) is 3.48. The molecule has 138 valence electrons. The number of pyridine rings is 1. The molecule has 0 atom stereocenters. The van der Waals surface area contributed by atoms with Gasteiger partial charge in [-0.15, -0.1) is 11.3 Å². The van der Waals surface area contributed by atoms with Gasteiger partial charge in [0.05, 0.1) is 20.7 Å². The SMILES string of the molecule is Nc1c(-c2ccc(-c3ccc(C4(C(=O)O)CC4)cc3)cc2)sc2cnccc12. The van der Waals surface area contributed by atoms with Gasteiger partial charge in [0, 0.05) is 17.8 Å². The van der Waals surface area contributed by atoms with Crippen LogP contribution in [0.5, 0.6) is 0 Å². The minimum Gasteiger partial charge on any atom is -0.481 e. The van der Waals surface area contributed by atoms with Gasteiger partial charge >= 0.3 is 5.97 Å². The highest BCUT2D eigenvalue weighted by Crippen LogP contribution is 2.48. The van der Waals surface area contributed by atoms with Crippen LogP contribution in [0, 0.1) is 0 Å². The predicted molar refractivity (Wildman–Crippen MR) is 113 cm³/mol. The summed E-state index contributed by atoms with van der Waals surface area (Å²) >= 11 is 1.65. The van der Waals surface area contributed by atoms with Gasteiger partial charge < -0.3 is 10.8 Å². The fraction of sp³-hybridized carbons (Fsp3) is 0.130. The highest BCUT2D eigenvalue weighted by molar-refractivity contribution is 7.23. The van der Waals surface area contributed by atoms with Crippen LogP contribution in [0.25, 0.3) is 31.7 Å². The average molecular weight is 386 g/mol. The largest absolute Gasteiger partial charge is 0.481 e. The number of hydrogen-bond donors (Lipinski definition) is 2.